The number of hydrogen-bond acceptors (Lipinski definition) is 1. The van der Waals surface area contributed by atoms with E-state index in [2.05, 4.69) is 59.1 Å². The highest BCUT2D eigenvalue weighted by atomic mass is 15.0. The van der Waals surface area contributed by atoms with Crippen LogP contribution in [0.5, 0.6) is 0 Å². The van der Waals surface area contributed by atoms with Crippen LogP contribution in [0.25, 0.3) is 10.9 Å². The third-order valence-electron chi connectivity index (χ3n) is 3.27. The summed E-state index contributed by atoms with van der Waals surface area (Å²) >= 11 is 0. The van der Waals surface area contributed by atoms with Crippen LogP contribution in [0.15, 0.2) is 30.5 Å². The molecule has 0 atom stereocenters. The number of aromatic nitrogens is 1. The molecule has 0 radical (unpaired) electrons. The van der Waals surface area contributed by atoms with Crippen LogP contribution >= 0.6 is 0 Å². The van der Waals surface area contributed by atoms with Crippen LogP contribution in [0.3, 0.4) is 0 Å². The monoisotopic (exact) mass is 254 g/mol. The van der Waals surface area contributed by atoms with Crippen molar-refractivity contribution in [3.8, 4) is 11.8 Å². The summed E-state index contributed by atoms with van der Waals surface area (Å²) in [6.07, 6.45) is 4.26. The second kappa shape index (κ2) is 7.01. The van der Waals surface area contributed by atoms with Crippen molar-refractivity contribution in [2.24, 2.45) is 0 Å². The molecule has 0 saturated carbocycles. The summed E-state index contributed by atoms with van der Waals surface area (Å²) in [4.78, 5) is 0. The highest BCUT2D eigenvalue weighted by Crippen LogP contribution is 2.20. The molecular weight excluding hydrogens is 232 g/mol. The lowest BCUT2D eigenvalue weighted by atomic mass is 10.1. The van der Waals surface area contributed by atoms with Gasteiger partial charge in [-0.15, -0.1) is 11.8 Å². The quantitative estimate of drug-likeness (QED) is 0.616. The molecule has 0 spiro atoms. The molecule has 1 N–H and O–H groups in total. The van der Waals surface area contributed by atoms with E-state index in [0.717, 1.165) is 26.1 Å². The van der Waals surface area contributed by atoms with Crippen LogP contribution in [-0.4, -0.2) is 11.1 Å². The van der Waals surface area contributed by atoms with Gasteiger partial charge in [0.15, 0.2) is 0 Å². The number of aryl methyl sites for hydroxylation is 1. The van der Waals surface area contributed by atoms with Gasteiger partial charge < -0.3 is 9.88 Å². The lowest BCUT2D eigenvalue weighted by Gasteiger charge is -2.09. The van der Waals surface area contributed by atoms with Gasteiger partial charge in [0.25, 0.3) is 0 Å². The summed E-state index contributed by atoms with van der Waals surface area (Å²) < 4.78 is 2.32. The molecule has 2 aromatic rings. The van der Waals surface area contributed by atoms with E-state index in [0.29, 0.717) is 0 Å². The van der Waals surface area contributed by atoms with Crippen molar-refractivity contribution in [3.63, 3.8) is 0 Å². The molecule has 0 fully saturated rings. The molecular formula is C17H22N2. The molecule has 1 aromatic heterocycles. The van der Waals surface area contributed by atoms with Crippen LogP contribution in [0.1, 0.15) is 32.3 Å². The largest absolute Gasteiger partial charge is 0.346 e. The molecule has 2 rings (SSSR count). The van der Waals surface area contributed by atoms with Gasteiger partial charge in [0.05, 0.1) is 5.52 Å². The van der Waals surface area contributed by atoms with Gasteiger partial charge in [0.1, 0.15) is 0 Å². The van der Waals surface area contributed by atoms with E-state index in [9.17, 15) is 0 Å². The topological polar surface area (TPSA) is 17.0 Å². The molecule has 1 aromatic carbocycles. The Hall–Kier alpha value is -1.72. The fourth-order valence-corrected chi connectivity index (χ4v) is 2.37. The standard InChI is InChI=1S/C17H22N2/c1-3-5-6-12-19-13-10-15-8-7-9-16(17(15)19)14-18-11-4-2/h7-10,13,18H,4,6,11-12,14H2,1-2H3. The normalized spacial score (nSPS) is 10.4. The fourth-order valence-electron chi connectivity index (χ4n) is 2.37. The van der Waals surface area contributed by atoms with E-state index in [-0.39, 0.29) is 0 Å². The Morgan fingerprint density at radius 1 is 1.26 bits per heavy atom. The number of para-hydroxylation sites is 1. The van der Waals surface area contributed by atoms with E-state index < -0.39 is 0 Å². The maximum Gasteiger partial charge on any atom is 0.0526 e. The molecule has 0 amide bonds. The van der Waals surface area contributed by atoms with Crippen molar-refractivity contribution in [1.29, 1.82) is 0 Å². The minimum absolute atomic E-state index is 0.914. The predicted molar refractivity (Wildman–Crippen MR) is 82.0 cm³/mol. The SMILES string of the molecule is CC#CCCn1ccc2cccc(CNCCC)c21. The van der Waals surface area contributed by atoms with Crippen molar-refractivity contribution in [2.75, 3.05) is 6.54 Å². The first-order valence-corrected chi connectivity index (χ1v) is 7.04. The highest BCUT2D eigenvalue weighted by Gasteiger charge is 2.05. The molecule has 2 heteroatoms. The van der Waals surface area contributed by atoms with Gasteiger partial charge in [-0.3, -0.25) is 0 Å². The average Bonchev–Trinajstić information content (AvgIpc) is 2.84. The van der Waals surface area contributed by atoms with Crippen molar-refractivity contribution < 1.29 is 0 Å². The zero-order chi connectivity index (χ0) is 13.5. The van der Waals surface area contributed by atoms with Crippen LogP contribution in [0.4, 0.5) is 0 Å². The Labute approximate surface area is 115 Å². The summed E-state index contributed by atoms with van der Waals surface area (Å²) in [6, 6.07) is 8.73. The molecule has 0 aliphatic carbocycles. The molecule has 0 saturated heterocycles. The van der Waals surface area contributed by atoms with Crippen LogP contribution in [-0.2, 0) is 13.1 Å². The fraction of sp³-hybridized carbons (Fsp3) is 0.412. The Kier molecular flexibility index (Phi) is 5.06. The number of hydrogen-bond donors (Lipinski definition) is 1. The summed E-state index contributed by atoms with van der Waals surface area (Å²) in [5.41, 5.74) is 2.73. The van der Waals surface area contributed by atoms with E-state index in [1.54, 1.807) is 0 Å². The number of rotatable bonds is 6. The lowest BCUT2D eigenvalue weighted by molar-refractivity contribution is 0.672. The molecule has 0 aliphatic heterocycles. The Balaban J connectivity index is 2.23. The Morgan fingerprint density at radius 2 is 2.16 bits per heavy atom. The zero-order valence-corrected chi connectivity index (χ0v) is 11.9. The second-order valence-electron chi connectivity index (χ2n) is 4.72. The lowest BCUT2D eigenvalue weighted by Crippen LogP contribution is -2.14. The maximum atomic E-state index is 3.49. The maximum absolute atomic E-state index is 3.49. The van der Waals surface area contributed by atoms with Crippen molar-refractivity contribution in [1.82, 2.24) is 9.88 Å². The van der Waals surface area contributed by atoms with Gasteiger partial charge >= 0.3 is 0 Å². The van der Waals surface area contributed by atoms with Crippen LogP contribution in [0.2, 0.25) is 0 Å². The number of nitrogens with one attached hydrogen (secondary N) is 1. The van der Waals surface area contributed by atoms with Crippen molar-refractivity contribution >= 4 is 10.9 Å². The number of nitrogens with zero attached hydrogens (tertiary/aromatic N) is 1. The minimum Gasteiger partial charge on any atom is -0.346 e. The first kappa shape index (κ1) is 13.7. The van der Waals surface area contributed by atoms with E-state index in [1.165, 1.54) is 22.9 Å². The van der Waals surface area contributed by atoms with Gasteiger partial charge in [0.2, 0.25) is 0 Å². The van der Waals surface area contributed by atoms with Crippen LogP contribution < -0.4 is 5.32 Å². The van der Waals surface area contributed by atoms with Gasteiger partial charge in [-0.2, -0.15) is 0 Å². The third-order valence-corrected chi connectivity index (χ3v) is 3.27. The van der Waals surface area contributed by atoms with Gasteiger partial charge in [-0.25, -0.2) is 0 Å². The molecule has 0 unspecified atom stereocenters. The van der Waals surface area contributed by atoms with E-state index in [1.807, 2.05) is 6.92 Å². The molecule has 2 nitrogen and oxygen atoms in total. The molecule has 0 aliphatic rings. The number of fused-ring (bicyclic) bond motifs is 1. The molecule has 19 heavy (non-hydrogen) atoms. The summed E-state index contributed by atoms with van der Waals surface area (Å²) in [5.74, 6) is 6.10. The second-order valence-corrected chi connectivity index (χ2v) is 4.72. The summed E-state index contributed by atoms with van der Waals surface area (Å²) in [5, 5.41) is 4.81. The molecule has 1 heterocycles. The average molecular weight is 254 g/mol. The molecule has 100 valence electrons. The first-order valence-electron chi connectivity index (χ1n) is 7.04. The van der Waals surface area contributed by atoms with Gasteiger partial charge in [-0.1, -0.05) is 25.1 Å². The third kappa shape index (κ3) is 3.39. The molecule has 0 bridgehead atoms. The first-order chi connectivity index (χ1) is 9.36. The Bertz CT molecular complexity index is 584. The van der Waals surface area contributed by atoms with Gasteiger partial charge in [0, 0.05) is 25.7 Å². The predicted octanol–water partition coefficient (Wildman–Crippen LogP) is 3.55. The number of benzene rings is 1. The van der Waals surface area contributed by atoms with E-state index in [4.69, 9.17) is 0 Å². The van der Waals surface area contributed by atoms with Crippen molar-refractivity contribution in [2.45, 2.75) is 39.8 Å². The van der Waals surface area contributed by atoms with Crippen LogP contribution in [0, 0.1) is 11.8 Å². The zero-order valence-electron chi connectivity index (χ0n) is 11.9. The summed E-state index contributed by atoms with van der Waals surface area (Å²) in [6.45, 7) is 7.07. The van der Waals surface area contributed by atoms with Crippen molar-refractivity contribution in [3.05, 3.63) is 36.0 Å². The minimum atomic E-state index is 0.914. The highest BCUT2D eigenvalue weighted by molar-refractivity contribution is 5.83. The smallest absolute Gasteiger partial charge is 0.0526 e. The van der Waals surface area contributed by atoms with E-state index >= 15 is 0 Å². The summed E-state index contributed by atoms with van der Waals surface area (Å²) in [7, 11) is 0. The Morgan fingerprint density at radius 3 is 2.95 bits per heavy atom. The van der Waals surface area contributed by atoms with Gasteiger partial charge in [-0.05, 0) is 36.9 Å².